The van der Waals surface area contributed by atoms with Gasteiger partial charge in [-0.25, -0.2) is 9.67 Å². The van der Waals surface area contributed by atoms with Crippen LogP contribution in [0.1, 0.15) is 22.3 Å². The number of aromatic nitrogens is 4. The van der Waals surface area contributed by atoms with E-state index in [2.05, 4.69) is 50.6 Å². The minimum atomic E-state index is 0.144. The van der Waals surface area contributed by atoms with Gasteiger partial charge in [-0.2, -0.15) is 10.1 Å². The van der Waals surface area contributed by atoms with E-state index >= 15 is 0 Å². The third kappa shape index (κ3) is 2.90. The summed E-state index contributed by atoms with van der Waals surface area (Å²) in [5.41, 5.74) is 11.0. The molecule has 0 aliphatic rings. The Morgan fingerprint density at radius 2 is 2.08 bits per heavy atom. The van der Waals surface area contributed by atoms with Crippen LogP contribution in [0.3, 0.4) is 0 Å². The second kappa shape index (κ2) is 6.72. The lowest BCUT2D eigenvalue weighted by Crippen LogP contribution is -2.08. The molecule has 1 aromatic carbocycles. The van der Waals surface area contributed by atoms with Crippen molar-refractivity contribution in [3.63, 3.8) is 0 Å². The van der Waals surface area contributed by atoms with Gasteiger partial charge in [0.15, 0.2) is 5.65 Å². The van der Waals surface area contributed by atoms with Crippen molar-refractivity contribution in [2.45, 2.75) is 24.8 Å². The molecule has 6 nitrogen and oxygen atoms in total. The zero-order valence-electron chi connectivity index (χ0n) is 13.6. The number of fused-ring (bicyclic) bond motifs is 1. The summed E-state index contributed by atoms with van der Waals surface area (Å²) in [6.07, 6.45) is 1.67. The molecule has 0 spiro atoms. The monoisotopic (exact) mass is 457 g/mol. The Labute approximate surface area is 158 Å². The van der Waals surface area contributed by atoms with Crippen LogP contribution < -0.4 is 10.5 Å². The number of nitrogen functional groups attached to an aromatic ring is 1. The summed E-state index contributed by atoms with van der Waals surface area (Å²) in [6, 6.07) is 2.14. The van der Waals surface area contributed by atoms with Crippen molar-refractivity contribution in [1.82, 2.24) is 19.7 Å². The number of hydrogen-bond acceptors (Lipinski definition) is 5. The van der Waals surface area contributed by atoms with Crippen LogP contribution in [0.15, 0.2) is 12.3 Å². The van der Waals surface area contributed by atoms with E-state index in [0.29, 0.717) is 22.7 Å². The fraction of sp³-hybridized carbons (Fsp3) is 0.312. The van der Waals surface area contributed by atoms with Crippen molar-refractivity contribution >= 4 is 51.2 Å². The van der Waals surface area contributed by atoms with Gasteiger partial charge >= 0.3 is 0 Å². The molecular formula is C16H17ClIN5O. The van der Waals surface area contributed by atoms with Crippen LogP contribution in [0.25, 0.3) is 11.0 Å². The number of anilines is 1. The Morgan fingerprint density at radius 1 is 1.33 bits per heavy atom. The van der Waals surface area contributed by atoms with E-state index in [1.807, 2.05) is 6.92 Å². The third-order valence-electron chi connectivity index (χ3n) is 4.05. The molecule has 0 unspecified atom stereocenters. The van der Waals surface area contributed by atoms with Crippen LogP contribution in [0, 0.1) is 13.8 Å². The summed E-state index contributed by atoms with van der Waals surface area (Å²) in [6.45, 7) is 4.71. The van der Waals surface area contributed by atoms with Crippen LogP contribution in [0.4, 0.5) is 5.95 Å². The fourth-order valence-electron chi connectivity index (χ4n) is 2.94. The molecule has 2 N–H and O–H groups in total. The first kappa shape index (κ1) is 17.2. The quantitative estimate of drug-likeness (QED) is 0.367. The number of halogens is 2. The van der Waals surface area contributed by atoms with Gasteiger partial charge in [0.1, 0.15) is 10.9 Å². The van der Waals surface area contributed by atoms with Gasteiger partial charge in [-0.05, 0) is 36.1 Å². The van der Waals surface area contributed by atoms with Crippen LogP contribution in [-0.4, -0.2) is 26.9 Å². The van der Waals surface area contributed by atoms with Crippen molar-refractivity contribution in [1.29, 1.82) is 0 Å². The number of methoxy groups -OCH3 is 1. The van der Waals surface area contributed by atoms with Crippen molar-refractivity contribution in [2.24, 2.45) is 0 Å². The van der Waals surface area contributed by atoms with Gasteiger partial charge in [-0.1, -0.05) is 40.3 Å². The molecule has 3 aromatic rings. The van der Waals surface area contributed by atoms with Crippen molar-refractivity contribution in [2.75, 3.05) is 12.8 Å². The van der Waals surface area contributed by atoms with E-state index in [4.69, 9.17) is 22.1 Å². The summed E-state index contributed by atoms with van der Waals surface area (Å²) in [4.78, 5) is 8.25. The average Bonchev–Trinajstić information content (AvgIpc) is 2.91. The predicted octanol–water partition coefficient (Wildman–Crippen LogP) is 3.67. The third-order valence-corrected chi connectivity index (χ3v) is 5.11. The Hall–Kier alpha value is -1.61. The van der Waals surface area contributed by atoms with Gasteiger partial charge in [-0.15, -0.1) is 0 Å². The lowest BCUT2D eigenvalue weighted by atomic mass is 9.98. The molecular weight excluding hydrogens is 441 g/mol. The summed E-state index contributed by atoms with van der Waals surface area (Å²) < 4.78 is 8.21. The highest BCUT2D eigenvalue weighted by molar-refractivity contribution is 14.1. The number of ether oxygens (including phenoxy) is 1. The molecule has 0 saturated carbocycles. The largest absolute Gasteiger partial charge is 0.496 e. The van der Waals surface area contributed by atoms with E-state index < -0.39 is 0 Å². The molecule has 0 aliphatic heterocycles. The molecule has 2 aromatic heterocycles. The normalized spacial score (nSPS) is 11.2. The molecule has 0 fully saturated rings. The van der Waals surface area contributed by atoms with Crippen molar-refractivity contribution in [3.05, 3.63) is 39.7 Å². The molecule has 3 rings (SSSR count). The summed E-state index contributed by atoms with van der Waals surface area (Å²) in [7, 11) is 1.70. The van der Waals surface area contributed by atoms with E-state index in [1.54, 1.807) is 18.0 Å². The van der Waals surface area contributed by atoms with Gasteiger partial charge in [-0.3, -0.25) is 0 Å². The SMILES string of the molecule is COc1c(C)cc(Cn2ncc3c(Cl)nc(N)nc32)c(CI)c1C. The van der Waals surface area contributed by atoms with E-state index in [1.165, 1.54) is 11.1 Å². The maximum atomic E-state index is 6.13. The first-order valence-electron chi connectivity index (χ1n) is 7.32. The highest BCUT2D eigenvalue weighted by atomic mass is 127. The first-order valence-corrected chi connectivity index (χ1v) is 9.23. The second-order valence-electron chi connectivity index (χ2n) is 5.54. The summed E-state index contributed by atoms with van der Waals surface area (Å²) in [5, 5.41) is 5.43. The minimum absolute atomic E-state index is 0.144. The zero-order valence-corrected chi connectivity index (χ0v) is 16.5. The van der Waals surface area contributed by atoms with Gasteiger partial charge in [0.2, 0.25) is 5.95 Å². The standard InChI is InChI=1S/C16H17ClIN5O/c1-8-4-10(11(5-18)9(2)13(8)24-3)7-23-15-12(6-20-23)14(17)21-16(19)22-15/h4,6H,5,7H2,1-3H3,(H2,19,21,22). The second-order valence-corrected chi connectivity index (χ2v) is 6.66. The van der Waals surface area contributed by atoms with Crippen LogP contribution in [0.2, 0.25) is 5.15 Å². The molecule has 8 heteroatoms. The van der Waals surface area contributed by atoms with Gasteiger partial charge < -0.3 is 10.5 Å². The maximum absolute atomic E-state index is 6.13. The smallest absolute Gasteiger partial charge is 0.223 e. The molecule has 0 amide bonds. The summed E-state index contributed by atoms with van der Waals surface area (Å²) >= 11 is 8.49. The van der Waals surface area contributed by atoms with Crippen LogP contribution >= 0.6 is 34.2 Å². The average molecular weight is 458 g/mol. The number of nitrogens with two attached hydrogens (primary N) is 1. The molecule has 24 heavy (non-hydrogen) atoms. The van der Waals surface area contributed by atoms with Gasteiger partial charge in [0.05, 0.1) is 25.2 Å². The van der Waals surface area contributed by atoms with Crippen LogP contribution in [0.5, 0.6) is 5.75 Å². The Morgan fingerprint density at radius 3 is 2.75 bits per heavy atom. The Bertz CT molecular complexity index is 925. The fourth-order valence-corrected chi connectivity index (χ4v) is 4.22. The van der Waals surface area contributed by atoms with E-state index in [-0.39, 0.29) is 5.95 Å². The number of rotatable bonds is 4. The number of alkyl halides is 1. The topological polar surface area (TPSA) is 78.8 Å². The Balaban J connectivity index is 2.12. The summed E-state index contributed by atoms with van der Waals surface area (Å²) in [5.74, 6) is 1.08. The highest BCUT2D eigenvalue weighted by Crippen LogP contribution is 2.31. The van der Waals surface area contributed by atoms with Crippen molar-refractivity contribution in [3.8, 4) is 5.75 Å². The maximum Gasteiger partial charge on any atom is 0.223 e. The molecule has 2 heterocycles. The molecule has 0 bridgehead atoms. The number of nitrogens with zero attached hydrogens (tertiary/aromatic N) is 4. The molecule has 0 atom stereocenters. The molecule has 0 saturated heterocycles. The highest BCUT2D eigenvalue weighted by Gasteiger charge is 2.16. The minimum Gasteiger partial charge on any atom is -0.496 e. The number of aryl methyl sites for hydroxylation is 1. The lowest BCUT2D eigenvalue weighted by molar-refractivity contribution is 0.408. The van der Waals surface area contributed by atoms with Crippen molar-refractivity contribution < 1.29 is 4.74 Å². The van der Waals surface area contributed by atoms with Gasteiger partial charge in [0.25, 0.3) is 0 Å². The Kier molecular flexibility index (Phi) is 4.82. The molecule has 0 aliphatic carbocycles. The number of benzene rings is 1. The van der Waals surface area contributed by atoms with Crippen LogP contribution in [-0.2, 0) is 11.0 Å². The zero-order chi connectivity index (χ0) is 17.4. The molecule has 0 radical (unpaired) electrons. The number of hydrogen-bond donors (Lipinski definition) is 1. The molecule has 126 valence electrons. The first-order chi connectivity index (χ1) is 11.5. The van der Waals surface area contributed by atoms with E-state index in [0.717, 1.165) is 21.3 Å². The van der Waals surface area contributed by atoms with Gasteiger partial charge in [0, 0.05) is 4.43 Å². The lowest BCUT2D eigenvalue weighted by Gasteiger charge is -2.17. The van der Waals surface area contributed by atoms with E-state index in [9.17, 15) is 0 Å². The predicted molar refractivity (Wildman–Crippen MR) is 104 cm³/mol.